The summed E-state index contributed by atoms with van der Waals surface area (Å²) in [6.07, 6.45) is 0. The Morgan fingerprint density at radius 2 is 1.53 bits per heavy atom. The SMILES string of the molecule is Cc1ccc(N2C(=O)c3ccc(C(=O)c4cccc([N+](=O)[O-])c4)cc3C2=O)cc1C. The van der Waals surface area contributed by atoms with Crippen LogP contribution in [0.1, 0.15) is 47.8 Å². The Hall–Kier alpha value is -4.13. The van der Waals surface area contributed by atoms with Gasteiger partial charge in [0.15, 0.2) is 5.78 Å². The lowest BCUT2D eigenvalue weighted by atomic mass is 9.99. The third-order valence-electron chi connectivity index (χ3n) is 5.22. The summed E-state index contributed by atoms with van der Waals surface area (Å²) >= 11 is 0. The van der Waals surface area contributed by atoms with Crippen LogP contribution < -0.4 is 4.90 Å². The fourth-order valence-electron chi connectivity index (χ4n) is 3.41. The van der Waals surface area contributed by atoms with E-state index in [0.717, 1.165) is 16.0 Å². The number of anilines is 1. The molecule has 3 aromatic rings. The van der Waals surface area contributed by atoms with Crippen LogP contribution in [0, 0.1) is 24.0 Å². The molecular formula is C23H16N2O5. The minimum absolute atomic E-state index is 0.131. The molecule has 0 fully saturated rings. The van der Waals surface area contributed by atoms with E-state index in [9.17, 15) is 24.5 Å². The number of fused-ring (bicyclic) bond motifs is 1. The van der Waals surface area contributed by atoms with Crippen molar-refractivity contribution in [2.24, 2.45) is 0 Å². The molecule has 0 spiro atoms. The maximum Gasteiger partial charge on any atom is 0.270 e. The third kappa shape index (κ3) is 3.06. The number of amides is 2. The summed E-state index contributed by atoms with van der Waals surface area (Å²) in [5.74, 6) is -1.43. The molecule has 0 saturated carbocycles. The number of rotatable bonds is 4. The second-order valence-corrected chi connectivity index (χ2v) is 7.11. The Labute approximate surface area is 171 Å². The Kier molecular flexibility index (Phi) is 4.50. The number of benzene rings is 3. The molecule has 0 unspecified atom stereocenters. The zero-order valence-corrected chi connectivity index (χ0v) is 16.2. The van der Waals surface area contributed by atoms with E-state index in [1.807, 2.05) is 19.9 Å². The van der Waals surface area contributed by atoms with Crippen LogP contribution in [-0.4, -0.2) is 22.5 Å². The van der Waals surface area contributed by atoms with Gasteiger partial charge in [-0.3, -0.25) is 24.5 Å². The van der Waals surface area contributed by atoms with Crippen molar-refractivity contribution in [3.8, 4) is 0 Å². The van der Waals surface area contributed by atoms with E-state index < -0.39 is 22.5 Å². The number of hydrogen-bond donors (Lipinski definition) is 0. The first kappa shape index (κ1) is 19.2. The quantitative estimate of drug-likeness (QED) is 0.282. The van der Waals surface area contributed by atoms with E-state index in [-0.39, 0.29) is 27.9 Å². The number of aryl methyl sites for hydroxylation is 2. The van der Waals surface area contributed by atoms with Gasteiger partial charge in [0.2, 0.25) is 0 Å². The second-order valence-electron chi connectivity index (χ2n) is 7.11. The van der Waals surface area contributed by atoms with Crippen LogP contribution in [-0.2, 0) is 0 Å². The van der Waals surface area contributed by atoms with Gasteiger partial charge in [0.05, 0.1) is 21.7 Å². The summed E-state index contributed by atoms with van der Waals surface area (Å²) in [7, 11) is 0. The molecule has 0 aromatic heterocycles. The number of non-ortho nitro benzene ring substituents is 1. The van der Waals surface area contributed by atoms with Crippen molar-refractivity contribution in [1.82, 2.24) is 0 Å². The predicted molar refractivity (Wildman–Crippen MR) is 110 cm³/mol. The highest BCUT2D eigenvalue weighted by Gasteiger charge is 2.37. The summed E-state index contributed by atoms with van der Waals surface area (Å²) in [5.41, 5.74) is 2.92. The van der Waals surface area contributed by atoms with E-state index in [2.05, 4.69) is 0 Å². The van der Waals surface area contributed by atoms with Crippen LogP contribution in [0.25, 0.3) is 0 Å². The molecule has 148 valence electrons. The van der Waals surface area contributed by atoms with Gasteiger partial charge < -0.3 is 0 Å². The molecule has 0 saturated heterocycles. The summed E-state index contributed by atoms with van der Waals surface area (Å²) in [5, 5.41) is 11.0. The summed E-state index contributed by atoms with van der Waals surface area (Å²) in [6.45, 7) is 3.83. The van der Waals surface area contributed by atoms with Crippen molar-refractivity contribution in [1.29, 1.82) is 0 Å². The monoisotopic (exact) mass is 400 g/mol. The van der Waals surface area contributed by atoms with Gasteiger partial charge in [0.25, 0.3) is 17.5 Å². The molecule has 1 aliphatic rings. The average molecular weight is 400 g/mol. The molecule has 30 heavy (non-hydrogen) atoms. The number of nitro benzene ring substituents is 1. The first-order valence-electron chi connectivity index (χ1n) is 9.17. The second kappa shape index (κ2) is 7.04. The third-order valence-corrected chi connectivity index (χ3v) is 5.22. The minimum atomic E-state index is -0.580. The van der Waals surface area contributed by atoms with Gasteiger partial charge >= 0.3 is 0 Å². The van der Waals surface area contributed by atoms with Gasteiger partial charge in [-0.25, -0.2) is 4.90 Å². The molecule has 0 aliphatic carbocycles. The highest BCUT2D eigenvalue weighted by atomic mass is 16.6. The lowest BCUT2D eigenvalue weighted by molar-refractivity contribution is -0.384. The molecular weight excluding hydrogens is 384 g/mol. The molecule has 1 heterocycles. The van der Waals surface area contributed by atoms with E-state index in [0.29, 0.717) is 5.69 Å². The lowest BCUT2D eigenvalue weighted by Gasteiger charge is -2.15. The number of nitrogens with zero attached hydrogens (tertiary/aromatic N) is 2. The summed E-state index contributed by atoms with van der Waals surface area (Å²) in [4.78, 5) is 50.1. The number of carbonyl (C=O) groups excluding carboxylic acids is 3. The average Bonchev–Trinajstić information content (AvgIpc) is 2.99. The Morgan fingerprint density at radius 1 is 0.833 bits per heavy atom. The highest BCUT2D eigenvalue weighted by Crippen LogP contribution is 2.31. The molecule has 0 atom stereocenters. The Balaban J connectivity index is 1.71. The van der Waals surface area contributed by atoms with E-state index in [4.69, 9.17) is 0 Å². The van der Waals surface area contributed by atoms with Gasteiger partial charge in [0.1, 0.15) is 0 Å². The maximum atomic E-state index is 13.0. The van der Waals surface area contributed by atoms with Gasteiger partial charge in [0, 0.05) is 23.3 Å². The van der Waals surface area contributed by atoms with Crippen molar-refractivity contribution < 1.29 is 19.3 Å². The smallest absolute Gasteiger partial charge is 0.270 e. The first-order chi connectivity index (χ1) is 14.3. The largest absolute Gasteiger partial charge is 0.289 e. The fourth-order valence-corrected chi connectivity index (χ4v) is 3.41. The number of hydrogen-bond acceptors (Lipinski definition) is 5. The van der Waals surface area contributed by atoms with Crippen LogP contribution in [0.2, 0.25) is 0 Å². The van der Waals surface area contributed by atoms with Crippen molar-refractivity contribution >= 4 is 29.0 Å². The van der Waals surface area contributed by atoms with Crippen molar-refractivity contribution in [2.45, 2.75) is 13.8 Å². The number of imide groups is 1. The number of carbonyl (C=O) groups is 3. The maximum absolute atomic E-state index is 13.0. The van der Waals surface area contributed by atoms with Crippen molar-refractivity contribution in [3.63, 3.8) is 0 Å². The molecule has 1 aliphatic heterocycles. The van der Waals surface area contributed by atoms with Crippen molar-refractivity contribution in [2.75, 3.05) is 4.90 Å². The molecule has 0 radical (unpaired) electrons. The van der Waals surface area contributed by atoms with Crippen LogP contribution >= 0.6 is 0 Å². The van der Waals surface area contributed by atoms with Crippen LogP contribution in [0.4, 0.5) is 11.4 Å². The minimum Gasteiger partial charge on any atom is -0.289 e. The Morgan fingerprint density at radius 3 is 2.23 bits per heavy atom. The van der Waals surface area contributed by atoms with Crippen LogP contribution in [0.5, 0.6) is 0 Å². The molecule has 4 rings (SSSR count). The zero-order valence-electron chi connectivity index (χ0n) is 16.2. The van der Waals surface area contributed by atoms with Crippen molar-refractivity contribution in [3.05, 3.63) is 104 Å². The molecule has 0 bridgehead atoms. The van der Waals surface area contributed by atoms with Gasteiger partial charge in [-0.2, -0.15) is 0 Å². The lowest BCUT2D eigenvalue weighted by Crippen LogP contribution is -2.29. The predicted octanol–water partition coefficient (Wildman–Crippen LogP) is 4.24. The van der Waals surface area contributed by atoms with E-state index >= 15 is 0 Å². The fraction of sp³-hybridized carbons (Fsp3) is 0.0870. The molecule has 2 amide bonds. The normalized spacial score (nSPS) is 12.8. The number of nitro groups is 1. The molecule has 7 heteroatoms. The van der Waals surface area contributed by atoms with Gasteiger partial charge in [-0.05, 0) is 49.2 Å². The first-order valence-corrected chi connectivity index (χ1v) is 9.17. The summed E-state index contributed by atoms with van der Waals surface area (Å²) in [6, 6.07) is 15.0. The Bertz CT molecular complexity index is 1260. The number of ketones is 1. The molecule has 0 N–H and O–H groups in total. The van der Waals surface area contributed by atoms with Crippen LogP contribution in [0.15, 0.2) is 60.7 Å². The van der Waals surface area contributed by atoms with Gasteiger partial charge in [-0.1, -0.05) is 24.3 Å². The zero-order chi connectivity index (χ0) is 21.6. The van der Waals surface area contributed by atoms with Gasteiger partial charge in [-0.15, -0.1) is 0 Å². The molecule has 7 nitrogen and oxygen atoms in total. The summed E-state index contributed by atoms with van der Waals surface area (Å²) < 4.78 is 0. The highest BCUT2D eigenvalue weighted by molar-refractivity contribution is 6.35. The standard InChI is InChI=1S/C23H16N2O5/c1-13-6-8-17(10-14(13)2)24-22(27)19-9-7-16(12-20(19)23(24)28)21(26)15-4-3-5-18(11-15)25(29)30/h3-12H,1-2H3. The van der Waals surface area contributed by atoms with Crippen LogP contribution in [0.3, 0.4) is 0 Å². The van der Waals surface area contributed by atoms with E-state index in [1.54, 1.807) is 12.1 Å². The van der Waals surface area contributed by atoms with E-state index in [1.165, 1.54) is 42.5 Å². The molecule has 3 aromatic carbocycles. The topological polar surface area (TPSA) is 97.6 Å².